The summed E-state index contributed by atoms with van der Waals surface area (Å²) in [6.07, 6.45) is 1.03. The van der Waals surface area contributed by atoms with Crippen molar-refractivity contribution in [2.24, 2.45) is 0 Å². The third kappa shape index (κ3) is 3.20. The van der Waals surface area contributed by atoms with Crippen LogP contribution in [0.4, 0.5) is 5.69 Å². The molecule has 1 aliphatic rings. The van der Waals surface area contributed by atoms with Crippen molar-refractivity contribution in [2.45, 2.75) is 25.3 Å². The van der Waals surface area contributed by atoms with E-state index in [-0.39, 0.29) is 17.9 Å². The predicted octanol–water partition coefficient (Wildman–Crippen LogP) is 1.17. The van der Waals surface area contributed by atoms with Crippen molar-refractivity contribution in [3.63, 3.8) is 0 Å². The Morgan fingerprint density at radius 3 is 2.71 bits per heavy atom. The summed E-state index contributed by atoms with van der Waals surface area (Å²) in [6, 6.07) is 4.39. The summed E-state index contributed by atoms with van der Waals surface area (Å²) in [5.74, 6) is -0.410. The Morgan fingerprint density at radius 2 is 2.14 bits per heavy atom. The fraction of sp³-hybridized carbons (Fsp3) is 0.500. The average molecular weight is 294 g/mol. The van der Waals surface area contributed by atoms with E-state index in [1.54, 1.807) is 13.0 Å². The molecule has 0 atom stereocenters. The van der Waals surface area contributed by atoms with Crippen LogP contribution in [0.3, 0.4) is 0 Å². The summed E-state index contributed by atoms with van der Waals surface area (Å²) in [5.41, 5.74) is -0.233. The van der Waals surface area contributed by atoms with E-state index in [0.29, 0.717) is 31.6 Å². The molecule has 2 rings (SSSR count). The molecule has 1 heterocycles. The smallest absolute Gasteiger partial charge is 0.273 e. The summed E-state index contributed by atoms with van der Waals surface area (Å²) in [6.45, 7) is 2.29. The summed E-state index contributed by atoms with van der Waals surface area (Å²) in [7, 11) is 0. The molecule has 1 aromatic rings. The highest BCUT2D eigenvalue weighted by Crippen LogP contribution is 2.24. The first kappa shape index (κ1) is 15.4. The zero-order valence-corrected chi connectivity index (χ0v) is 11.8. The van der Waals surface area contributed by atoms with Crippen LogP contribution in [-0.4, -0.2) is 41.3 Å². The Hall–Kier alpha value is -1.99. The molecule has 21 heavy (non-hydrogen) atoms. The zero-order valence-electron chi connectivity index (χ0n) is 11.8. The number of benzene rings is 1. The maximum Gasteiger partial charge on any atom is 0.273 e. The van der Waals surface area contributed by atoms with E-state index in [9.17, 15) is 20.0 Å². The first-order chi connectivity index (χ1) is 9.99. The van der Waals surface area contributed by atoms with Crippen LogP contribution >= 0.6 is 0 Å². The van der Waals surface area contributed by atoms with E-state index >= 15 is 0 Å². The first-order valence-electron chi connectivity index (χ1n) is 6.74. The largest absolute Gasteiger partial charge is 0.394 e. The van der Waals surface area contributed by atoms with Gasteiger partial charge in [0.2, 0.25) is 0 Å². The monoisotopic (exact) mass is 294 g/mol. The molecule has 7 nitrogen and oxygen atoms in total. The second-order valence-corrected chi connectivity index (χ2v) is 5.21. The van der Waals surface area contributed by atoms with E-state index in [2.05, 4.69) is 5.32 Å². The molecular formula is C14H18N2O5. The number of aliphatic hydroxyl groups excluding tert-OH is 1. The van der Waals surface area contributed by atoms with E-state index in [0.717, 1.165) is 0 Å². The molecule has 0 saturated carbocycles. The maximum atomic E-state index is 12.4. The Balaban J connectivity index is 2.24. The molecule has 7 heteroatoms. The maximum absolute atomic E-state index is 12.4. The average Bonchev–Trinajstić information content (AvgIpc) is 2.48. The zero-order chi connectivity index (χ0) is 15.5. The molecule has 0 unspecified atom stereocenters. The van der Waals surface area contributed by atoms with Gasteiger partial charge >= 0.3 is 0 Å². The molecule has 0 bridgehead atoms. The lowest BCUT2D eigenvalue weighted by Gasteiger charge is -2.36. The molecule has 0 radical (unpaired) electrons. The molecule has 1 fully saturated rings. The second-order valence-electron chi connectivity index (χ2n) is 5.21. The number of nitrogens with one attached hydrogen (secondary N) is 1. The molecule has 1 aromatic carbocycles. The van der Waals surface area contributed by atoms with Crippen molar-refractivity contribution in [1.29, 1.82) is 0 Å². The normalized spacial score (nSPS) is 17.2. The number of aliphatic hydroxyl groups is 1. The summed E-state index contributed by atoms with van der Waals surface area (Å²) in [4.78, 5) is 22.8. The van der Waals surface area contributed by atoms with Gasteiger partial charge in [-0.15, -0.1) is 0 Å². The van der Waals surface area contributed by atoms with Crippen molar-refractivity contribution in [2.75, 3.05) is 19.8 Å². The van der Waals surface area contributed by atoms with Crippen molar-refractivity contribution in [1.82, 2.24) is 5.32 Å². The minimum absolute atomic E-state index is 0.0901. The first-order valence-corrected chi connectivity index (χ1v) is 6.74. The molecular weight excluding hydrogens is 276 g/mol. The van der Waals surface area contributed by atoms with Crippen LogP contribution < -0.4 is 5.32 Å². The van der Waals surface area contributed by atoms with Gasteiger partial charge in [0.05, 0.1) is 17.1 Å². The van der Waals surface area contributed by atoms with Crippen molar-refractivity contribution >= 4 is 11.6 Å². The van der Waals surface area contributed by atoms with Gasteiger partial charge in [0.15, 0.2) is 0 Å². The highest BCUT2D eigenvalue weighted by atomic mass is 16.6. The molecule has 1 saturated heterocycles. The lowest BCUT2D eigenvalue weighted by Crippen LogP contribution is -2.54. The van der Waals surface area contributed by atoms with Gasteiger partial charge in [0, 0.05) is 30.4 Å². The molecule has 1 aliphatic heterocycles. The lowest BCUT2D eigenvalue weighted by atomic mass is 9.90. The SMILES string of the molecule is Cc1c(C(=O)NC2(CO)CCOCC2)cccc1[N+](=O)[O-]. The van der Waals surface area contributed by atoms with Crippen molar-refractivity contribution in [3.8, 4) is 0 Å². The van der Waals surface area contributed by atoms with Crippen LogP contribution in [0.5, 0.6) is 0 Å². The van der Waals surface area contributed by atoms with E-state index in [4.69, 9.17) is 4.74 Å². The number of carbonyl (C=O) groups is 1. The van der Waals surface area contributed by atoms with Crippen LogP contribution in [0, 0.1) is 17.0 Å². The predicted molar refractivity (Wildman–Crippen MR) is 75.2 cm³/mol. The second kappa shape index (κ2) is 6.19. The Kier molecular flexibility index (Phi) is 4.54. The van der Waals surface area contributed by atoms with Gasteiger partial charge in [-0.1, -0.05) is 6.07 Å². The van der Waals surface area contributed by atoms with Gasteiger partial charge in [0.25, 0.3) is 11.6 Å². The lowest BCUT2D eigenvalue weighted by molar-refractivity contribution is -0.385. The van der Waals surface area contributed by atoms with Crippen LogP contribution in [0.1, 0.15) is 28.8 Å². The number of ether oxygens (including phenoxy) is 1. The van der Waals surface area contributed by atoms with Gasteiger partial charge in [-0.25, -0.2) is 0 Å². The summed E-state index contributed by atoms with van der Waals surface area (Å²) < 4.78 is 5.24. The van der Waals surface area contributed by atoms with Crippen molar-refractivity contribution in [3.05, 3.63) is 39.4 Å². The van der Waals surface area contributed by atoms with Crippen LogP contribution in [0.2, 0.25) is 0 Å². The van der Waals surface area contributed by atoms with Crippen molar-refractivity contribution < 1.29 is 19.6 Å². The number of nitro groups is 1. The molecule has 2 N–H and O–H groups in total. The van der Waals surface area contributed by atoms with E-state index in [1.807, 2.05) is 0 Å². The summed E-state index contributed by atoms with van der Waals surface area (Å²) >= 11 is 0. The number of amides is 1. The highest BCUT2D eigenvalue weighted by molar-refractivity contribution is 5.97. The van der Waals surface area contributed by atoms with Gasteiger partial charge in [-0.2, -0.15) is 0 Å². The number of carbonyl (C=O) groups excluding carboxylic acids is 1. The standard InChI is InChI=1S/C14H18N2O5/c1-10-11(3-2-4-12(10)16(19)20)13(18)15-14(9-17)5-7-21-8-6-14/h2-4,17H,5-9H2,1H3,(H,15,18). The molecule has 0 spiro atoms. The third-order valence-corrected chi connectivity index (χ3v) is 3.88. The fourth-order valence-corrected chi connectivity index (χ4v) is 2.46. The Labute approximate surface area is 122 Å². The van der Waals surface area contributed by atoms with E-state index < -0.39 is 16.4 Å². The third-order valence-electron chi connectivity index (χ3n) is 3.88. The molecule has 1 amide bonds. The minimum atomic E-state index is -0.716. The number of rotatable bonds is 4. The quantitative estimate of drug-likeness (QED) is 0.641. The van der Waals surface area contributed by atoms with Gasteiger partial charge < -0.3 is 15.2 Å². The van der Waals surface area contributed by atoms with E-state index in [1.165, 1.54) is 12.1 Å². The van der Waals surface area contributed by atoms with Gasteiger partial charge in [-0.05, 0) is 25.8 Å². The molecule has 0 aliphatic carbocycles. The van der Waals surface area contributed by atoms with Crippen LogP contribution in [0.25, 0.3) is 0 Å². The number of nitrogens with zero attached hydrogens (tertiary/aromatic N) is 1. The minimum Gasteiger partial charge on any atom is -0.394 e. The number of hydrogen-bond donors (Lipinski definition) is 2. The number of nitro benzene ring substituents is 1. The Morgan fingerprint density at radius 1 is 1.48 bits per heavy atom. The van der Waals surface area contributed by atoms with Crippen LogP contribution in [0.15, 0.2) is 18.2 Å². The highest BCUT2D eigenvalue weighted by Gasteiger charge is 2.34. The summed E-state index contributed by atoms with van der Waals surface area (Å²) in [5, 5.41) is 23.3. The Bertz CT molecular complexity index is 552. The van der Waals surface area contributed by atoms with Gasteiger partial charge in [-0.3, -0.25) is 14.9 Å². The molecule has 0 aromatic heterocycles. The molecule has 114 valence electrons. The fourth-order valence-electron chi connectivity index (χ4n) is 2.46. The topological polar surface area (TPSA) is 102 Å². The van der Waals surface area contributed by atoms with Crippen LogP contribution in [-0.2, 0) is 4.74 Å². The van der Waals surface area contributed by atoms with Gasteiger partial charge in [0.1, 0.15) is 0 Å². The number of hydrogen-bond acceptors (Lipinski definition) is 5.